The fraction of sp³-hybridized carbons (Fsp3) is 0.100. The summed E-state index contributed by atoms with van der Waals surface area (Å²) in [6.07, 6.45) is 4.01. The Morgan fingerprint density at radius 1 is 1.22 bits per heavy atom. The van der Waals surface area contributed by atoms with E-state index in [1.807, 2.05) is 0 Å². The fourth-order valence-corrected chi connectivity index (χ4v) is 2.68. The molecule has 6 nitrogen and oxygen atoms in total. The van der Waals surface area contributed by atoms with Crippen molar-refractivity contribution in [3.63, 3.8) is 0 Å². The number of carbonyl (C=O) groups excluding carboxylic acids is 2. The Bertz CT molecular complexity index is 1020. The smallest absolute Gasteiger partial charge is 0.343 e. The lowest BCUT2D eigenvalue weighted by atomic mass is 10.1. The number of hydrogen-bond donors (Lipinski definition) is 1. The predicted octanol–water partition coefficient (Wildman–Crippen LogP) is 4.70. The average Bonchev–Trinajstić information content (AvgIpc) is 3.12. The van der Waals surface area contributed by atoms with Gasteiger partial charge in [0.2, 0.25) is 5.75 Å². The topological polar surface area (TPSA) is 86.0 Å². The molecule has 1 N–H and O–H groups in total. The number of phenols is 1. The van der Waals surface area contributed by atoms with Gasteiger partial charge in [0.05, 0.1) is 18.4 Å². The van der Waals surface area contributed by atoms with Crippen molar-refractivity contribution in [2.45, 2.75) is 6.92 Å². The SMILES string of the molecule is CCOC(=O)/C=C/c1cc2ccoc2c(O)c1OC(=O)c1ccc(Br)cc1. The van der Waals surface area contributed by atoms with Crippen LogP contribution in [-0.4, -0.2) is 23.7 Å². The summed E-state index contributed by atoms with van der Waals surface area (Å²) in [6.45, 7) is 1.93. The lowest BCUT2D eigenvalue weighted by molar-refractivity contribution is -0.137. The zero-order valence-electron chi connectivity index (χ0n) is 14.3. The normalized spacial score (nSPS) is 11.0. The summed E-state index contributed by atoms with van der Waals surface area (Å²) >= 11 is 3.30. The Morgan fingerprint density at radius 2 is 1.96 bits per heavy atom. The quantitative estimate of drug-likeness (QED) is 0.358. The van der Waals surface area contributed by atoms with Crippen LogP contribution >= 0.6 is 15.9 Å². The zero-order chi connectivity index (χ0) is 19.4. The van der Waals surface area contributed by atoms with Gasteiger partial charge < -0.3 is 19.0 Å². The van der Waals surface area contributed by atoms with Crippen LogP contribution in [0.2, 0.25) is 0 Å². The number of aromatic hydroxyl groups is 1. The number of halogens is 1. The van der Waals surface area contributed by atoms with Crippen molar-refractivity contribution >= 4 is 44.9 Å². The predicted molar refractivity (Wildman–Crippen MR) is 103 cm³/mol. The van der Waals surface area contributed by atoms with Crippen LogP contribution in [0.1, 0.15) is 22.8 Å². The summed E-state index contributed by atoms with van der Waals surface area (Å²) in [5.41, 5.74) is 0.819. The number of benzene rings is 2. The Labute approximate surface area is 163 Å². The lowest BCUT2D eigenvalue weighted by Gasteiger charge is -2.10. The molecule has 2 aromatic carbocycles. The molecule has 0 aliphatic heterocycles. The lowest BCUT2D eigenvalue weighted by Crippen LogP contribution is -2.09. The number of hydrogen-bond acceptors (Lipinski definition) is 6. The minimum atomic E-state index is -0.658. The standard InChI is InChI=1S/C20H15BrO6/c1-2-25-16(22)8-5-13-11-14-9-10-26-18(14)17(23)19(13)27-20(24)12-3-6-15(21)7-4-12/h3-11,23H,2H2,1H3/b8-5+. The molecule has 0 saturated carbocycles. The van der Waals surface area contributed by atoms with Crippen molar-refractivity contribution in [1.82, 2.24) is 0 Å². The summed E-state index contributed by atoms with van der Waals surface area (Å²) in [5.74, 6) is -1.64. The van der Waals surface area contributed by atoms with Crippen LogP contribution in [0.3, 0.4) is 0 Å². The molecule has 0 unspecified atom stereocenters. The number of ether oxygens (including phenoxy) is 2. The third-order valence-electron chi connectivity index (χ3n) is 3.66. The first-order valence-corrected chi connectivity index (χ1v) is 8.84. The molecule has 7 heteroatoms. The molecule has 0 aliphatic carbocycles. The monoisotopic (exact) mass is 430 g/mol. The number of furan rings is 1. The minimum absolute atomic E-state index is 0.106. The van der Waals surface area contributed by atoms with Gasteiger partial charge in [0.15, 0.2) is 11.3 Å². The second-order valence-corrected chi connectivity index (χ2v) is 6.38. The molecule has 0 spiro atoms. The highest BCUT2D eigenvalue weighted by atomic mass is 79.9. The number of phenolic OH excluding ortho intramolecular Hbond substituents is 1. The van der Waals surface area contributed by atoms with Gasteiger partial charge in [-0.2, -0.15) is 0 Å². The second kappa shape index (κ2) is 8.09. The third kappa shape index (κ3) is 4.20. The highest BCUT2D eigenvalue weighted by Crippen LogP contribution is 2.39. The number of esters is 2. The van der Waals surface area contributed by atoms with Crippen molar-refractivity contribution in [2.24, 2.45) is 0 Å². The molecule has 0 radical (unpaired) electrons. The van der Waals surface area contributed by atoms with E-state index in [-0.39, 0.29) is 23.7 Å². The Hall–Kier alpha value is -3.06. The first kappa shape index (κ1) is 18.7. The van der Waals surface area contributed by atoms with E-state index in [0.29, 0.717) is 16.5 Å². The minimum Gasteiger partial charge on any atom is -0.502 e. The van der Waals surface area contributed by atoms with Gasteiger partial charge in [0.1, 0.15) is 0 Å². The summed E-state index contributed by atoms with van der Waals surface area (Å²) < 4.78 is 16.3. The number of carbonyl (C=O) groups is 2. The highest BCUT2D eigenvalue weighted by molar-refractivity contribution is 9.10. The summed E-state index contributed by atoms with van der Waals surface area (Å²) in [5, 5.41) is 11.1. The van der Waals surface area contributed by atoms with Crippen LogP contribution in [0.15, 0.2) is 57.6 Å². The average molecular weight is 431 g/mol. The maximum atomic E-state index is 12.4. The fourth-order valence-electron chi connectivity index (χ4n) is 2.42. The molecule has 3 rings (SSSR count). The molecular weight excluding hydrogens is 416 g/mol. The first-order valence-electron chi connectivity index (χ1n) is 8.05. The molecule has 0 saturated heterocycles. The van der Waals surface area contributed by atoms with E-state index >= 15 is 0 Å². The molecule has 0 bridgehead atoms. The molecule has 27 heavy (non-hydrogen) atoms. The van der Waals surface area contributed by atoms with Crippen LogP contribution in [0.5, 0.6) is 11.5 Å². The highest BCUT2D eigenvalue weighted by Gasteiger charge is 2.19. The van der Waals surface area contributed by atoms with E-state index in [1.165, 1.54) is 18.4 Å². The second-order valence-electron chi connectivity index (χ2n) is 5.46. The molecule has 0 fully saturated rings. The van der Waals surface area contributed by atoms with E-state index in [2.05, 4.69) is 15.9 Å². The zero-order valence-corrected chi connectivity index (χ0v) is 15.9. The van der Waals surface area contributed by atoms with Crippen molar-refractivity contribution in [2.75, 3.05) is 6.61 Å². The van der Waals surface area contributed by atoms with Crippen LogP contribution in [-0.2, 0) is 9.53 Å². The Balaban J connectivity index is 1.99. The Kier molecular flexibility index (Phi) is 5.61. The molecule has 0 atom stereocenters. The van der Waals surface area contributed by atoms with Gasteiger partial charge in [-0.1, -0.05) is 15.9 Å². The molecular formula is C20H15BrO6. The summed E-state index contributed by atoms with van der Waals surface area (Å²) in [7, 11) is 0. The van der Waals surface area contributed by atoms with Gasteiger partial charge in [-0.3, -0.25) is 0 Å². The van der Waals surface area contributed by atoms with Crippen molar-refractivity contribution in [3.8, 4) is 11.5 Å². The van der Waals surface area contributed by atoms with Gasteiger partial charge >= 0.3 is 11.9 Å². The van der Waals surface area contributed by atoms with Gasteiger partial charge in [0.25, 0.3) is 0 Å². The number of fused-ring (bicyclic) bond motifs is 1. The molecule has 138 valence electrons. The van der Waals surface area contributed by atoms with Crippen LogP contribution in [0, 0.1) is 0 Å². The van der Waals surface area contributed by atoms with Gasteiger partial charge in [-0.25, -0.2) is 9.59 Å². The first-order chi connectivity index (χ1) is 13.0. The molecule has 0 aliphatic rings. The van der Waals surface area contributed by atoms with E-state index in [4.69, 9.17) is 13.9 Å². The van der Waals surface area contributed by atoms with Crippen molar-refractivity contribution in [1.29, 1.82) is 0 Å². The van der Waals surface area contributed by atoms with Crippen LogP contribution < -0.4 is 4.74 Å². The van der Waals surface area contributed by atoms with Gasteiger partial charge in [0, 0.05) is 21.5 Å². The largest absolute Gasteiger partial charge is 0.502 e. The molecule has 1 aromatic heterocycles. The van der Waals surface area contributed by atoms with Crippen LogP contribution in [0.4, 0.5) is 0 Å². The van der Waals surface area contributed by atoms with Crippen molar-refractivity contribution in [3.05, 3.63) is 64.3 Å². The number of rotatable bonds is 5. The van der Waals surface area contributed by atoms with E-state index in [1.54, 1.807) is 43.3 Å². The molecule has 3 aromatic rings. The Morgan fingerprint density at radius 3 is 2.67 bits per heavy atom. The maximum absolute atomic E-state index is 12.4. The van der Waals surface area contributed by atoms with E-state index in [0.717, 1.165) is 4.47 Å². The van der Waals surface area contributed by atoms with Crippen LogP contribution in [0.25, 0.3) is 17.0 Å². The molecule has 0 amide bonds. The van der Waals surface area contributed by atoms with Gasteiger partial charge in [-0.05, 0) is 49.4 Å². The summed E-state index contributed by atoms with van der Waals surface area (Å²) in [6, 6.07) is 9.86. The van der Waals surface area contributed by atoms with Crippen molar-refractivity contribution < 1.29 is 28.6 Å². The molecule has 1 heterocycles. The van der Waals surface area contributed by atoms with E-state index < -0.39 is 11.9 Å². The summed E-state index contributed by atoms with van der Waals surface area (Å²) in [4.78, 5) is 24.0. The third-order valence-corrected chi connectivity index (χ3v) is 4.19. The van der Waals surface area contributed by atoms with E-state index in [9.17, 15) is 14.7 Å². The maximum Gasteiger partial charge on any atom is 0.343 e. The van der Waals surface area contributed by atoms with Gasteiger partial charge in [-0.15, -0.1) is 0 Å².